The van der Waals surface area contributed by atoms with Crippen LogP contribution in [0.25, 0.3) is 0 Å². The van der Waals surface area contributed by atoms with Crippen molar-refractivity contribution in [3.8, 4) is 17.2 Å². The van der Waals surface area contributed by atoms with Crippen molar-refractivity contribution in [3.63, 3.8) is 0 Å². The van der Waals surface area contributed by atoms with Crippen molar-refractivity contribution >= 4 is 0 Å². The van der Waals surface area contributed by atoms with E-state index in [1.807, 2.05) is 12.1 Å². The monoisotopic (exact) mass is 607 g/mol. The lowest BCUT2D eigenvalue weighted by Gasteiger charge is -2.36. The summed E-state index contributed by atoms with van der Waals surface area (Å²) in [5.41, 5.74) is 1.13. The Kier molecular flexibility index (Phi) is 9.85. The van der Waals surface area contributed by atoms with Gasteiger partial charge in [0.1, 0.15) is 17.2 Å². The van der Waals surface area contributed by atoms with Gasteiger partial charge in [0.15, 0.2) is 0 Å². The van der Waals surface area contributed by atoms with E-state index in [0.29, 0.717) is 16.9 Å². The number of ether oxygens (including phenoxy) is 3. The molecule has 0 aromatic heterocycles. The van der Waals surface area contributed by atoms with Crippen LogP contribution in [0.1, 0.15) is 29.2 Å². The van der Waals surface area contributed by atoms with Crippen molar-refractivity contribution in [2.45, 2.75) is 44.4 Å². The summed E-state index contributed by atoms with van der Waals surface area (Å²) in [6.07, 6.45) is -11.2. The van der Waals surface area contributed by atoms with Crippen LogP contribution in [0.4, 0.5) is 30.7 Å². The minimum absolute atomic E-state index is 0.0899. The summed E-state index contributed by atoms with van der Waals surface area (Å²) < 4.78 is 106. The lowest BCUT2D eigenvalue weighted by atomic mass is 9.70. The van der Waals surface area contributed by atoms with Crippen LogP contribution in [0.2, 0.25) is 0 Å². The van der Waals surface area contributed by atoms with Crippen molar-refractivity contribution in [1.82, 2.24) is 5.32 Å². The van der Waals surface area contributed by atoms with E-state index in [9.17, 15) is 30.7 Å². The Labute approximate surface area is 244 Å². The van der Waals surface area contributed by atoms with Gasteiger partial charge in [0, 0.05) is 25.4 Å². The van der Waals surface area contributed by atoms with Gasteiger partial charge in [-0.25, -0.2) is 4.39 Å². The van der Waals surface area contributed by atoms with Gasteiger partial charge in [-0.1, -0.05) is 66.7 Å². The average molecular weight is 608 g/mol. The molecule has 0 heterocycles. The van der Waals surface area contributed by atoms with E-state index < -0.39 is 36.0 Å². The summed E-state index contributed by atoms with van der Waals surface area (Å²) >= 11 is 0. The molecule has 0 bridgehead atoms. The standard InChI is InChI=1S/C32H28F7NO3/c1-22(33)41-27-15-13-24(14-16-27)20-40-21-30(19-23-7-3-2-4-8-23,25-9-5-11-28(17-25)42-31(34,35)36)26-10-6-12-29(18-26)43-32(37,38)39/h2-18,22,40H,19-21H2,1H3. The Balaban J connectivity index is 1.78. The second-order valence-electron chi connectivity index (χ2n) is 9.80. The lowest BCUT2D eigenvalue weighted by Crippen LogP contribution is -2.41. The second-order valence-corrected chi connectivity index (χ2v) is 9.80. The van der Waals surface area contributed by atoms with Crippen LogP contribution in [0.3, 0.4) is 0 Å². The Morgan fingerprint density at radius 1 is 0.628 bits per heavy atom. The quantitative estimate of drug-likeness (QED) is 0.164. The van der Waals surface area contributed by atoms with Crippen molar-refractivity contribution in [2.75, 3.05) is 6.54 Å². The molecule has 228 valence electrons. The molecule has 1 atom stereocenters. The first-order valence-corrected chi connectivity index (χ1v) is 13.2. The molecule has 0 saturated carbocycles. The number of benzene rings is 4. The SMILES string of the molecule is CC(F)Oc1ccc(CNCC(Cc2ccccc2)(c2cccc(OC(F)(F)F)c2)c2cccc(OC(F)(F)F)c2)cc1. The molecule has 4 aromatic carbocycles. The predicted octanol–water partition coefficient (Wildman–Crippen LogP) is 8.50. The van der Waals surface area contributed by atoms with Crippen LogP contribution < -0.4 is 19.5 Å². The zero-order chi connectivity index (χ0) is 31.1. The average Bonchev–Trinajstić information content (AvgIpc) is 2.92. The summed E-state index contributed by atoms with van der Waals surface area (Å²) in [5.74, 6) is -0.606. The van der Waals surface area contributed by atoms with Gasteiger partial charge in [0.25, 0.3) is 0 Å². The predicted molar refractivity (Wildman–Crippen MR) is 147 cm³/mol. The third-order valence-electron chi connectivity index (χ3n) is 6.57. The first kappa shape index (κ1) is 31.7. The van der Waals surface area contributed by atoms with Gasteiger partial charge < -0.3 is 19.5 Å². The van der Waals surface area contributed by atoms with Crippen LogP contribution in [0.5, 0.6) is 17.2 Å². The molecule has 0 aliphatic carbocycles. The first-order chi connectivity index (χ1) is 20.3. The smallest absolute Gasteiger partial charge is 0.461 e. The Bertz CT molecular complexity index is 1400. The fourth-order valence-corrected chi connectivity index (χ4v) is 4.86. The van der Waals surface area contributed by atoms with Crippen LogP contribution in [0, 0.1) is 0 Å². The molecule has 0 aliphatic heterocycles. The maximum absolute atomic E-state index is 13.2. The number of alkyl halides is 7. The van der Waals surface area contributed by atoms with Gasteiger partial charge in [-0.3, -0.25) is 0 Å². The summed E-state index contributed by atoms with van der Waals surface area (Å²) in [7, 11) is 0. The van der Waals surface area contributed by atoms with Gasteiger partial charge in [0.2, 0.25) is 6.36 Å². The molecule has 11 heteroatoms. The molecule has 0 radical (unpaired) electrons. The minimum atomic E-state index is -4.95. The number of hydrogen-bond donors (Lipinski definition) is 1. The third kappa shape index (κ3) is 9.37. The zero-order valence-electron chi connectivity index (χ0n) is 22.9. The topological polar surface area (TPSA) is 39.7 Å². The second kappa shape index (κ2) is 13.4. The van der Waals surface area contributed by atoms with Crippen LogP contribution in [-0.2, 0) is 18.4 Å². The molecule has 0 spiro atoms. The van der Waals surface area contributed by atoms with Crippen LogP contribution in [0.15, 0.2) is 103 Å². The maximum Gasteiger partial charge on any atom is 0.573 e. The fraction of sp³-hybridized carbons (Fsp3) is 0.250. The largest absolute Gasteiger partial charge is 0.573 e. The van der Waals surface area contributed by atoms with Crippen molar-refractivity contribution in [1.29, 1.82) is 0 Å². The normalized spacial score (nSPS) is 12.9. The van der Waals surface area contributed by atoms with Crippen molar-refractivity contribution < 1.29 is 44.9 Å². The zero-order valence-corrected chi connectivity index (χ0v) is 22.9. The minimum Gasteiger partial charge on any atom is -0.461 e. The number of halogens is 7. The van der Waals surface area contributed by atoms with E-state index in [1.165, 1.54) is 31.2 Å². The van der Waals surface area contributed by atoms with Gasteiger partial charge in [-0.2, -0.15) is 0 Å². The van der Waals surface area contributed by atoms with Gasteiger partial charge >= 0.3 is 12.7 Å². The van der Waals surface area contributed by atoms with Gasteiger partial charge in [-0.05, 0) is 65.1 Å². The molecule has 0 saturated heterocycles. The Morgan fingerprint density at radius 3 is 1.65 bits per heavy atom. The third-order valence-corrected chi connectivity index (χ3v) is 6.57. The van der Waals surface area contributed by atoms with Crippen molar-refractivity contribution in [2.24, 2.45) is 0 Å². The van der Waals surface area contributed by atoms with Crippen LogP contribution >= 0.6 is 0 Å². The first-order valence-electron chi connectivity index (χ1n) is 13.2. The highest BCUT2D eigenvalue weighted by molar-refractivity contribution is 5.47. The summed E-state index contributed by atoms with van der Waals surface area (Å²) in [4.78, 5) is 0. The summed E-state index contributed by atoms with van der Waals surface area (Å²) in [6.45, 7) is 1.62. The van der Waals surface area contributed by atoms with Gasteiger partial charge in [0.05, 0.1) is 0 Å². The highest BCUT2D eigenvalue weighted by atomic mass is 19.4. The molecular weight excluding hydrogens is 579 g/mol. The van der Waals surface area contributed by atoms with Gasteiger partial charge in [-0.15, -0.1) is 26.3 Å². The van der Waals surface area contributed by atoms with E-state index in [2.05, 4.69) is 14.8 Å². The molecule has 43 heavy (non-hydrogen) atoms. The molecule has 1 unspecified atom stereocenters. The molecule has 4 aromatic rings. The summed E-state index contributed by atoms with van der Waals surface area (Å²) in [6, 6.07) is 26.5. The van der Waals surface area contributed by atoms with E-state index in [1.54, 1.807) is 54.6 Å². The van der Waals surface area contributed by atoms with E-state index in [-0.39, 0.29) is 19.5 Å². The number of rotatable bonds is 12. The van der Waals surface area contributed by atoms with Crippen molar-refractivity contribution in [3.05, 3.63) is 125 Å². The maximum atomic E-state index is 13.2. The number of hydrogen-bond acceptors (Lipinski definition) is 4. The number of nitrogens with one attached hydrogen (secondary N) is 1. The lowest BCUT2D eigenvalue weighted by molar-refractivity contribution is -0.275. The molecule has 0 amide bonds. The highest BCUT2D eigenvalue weighted by Crippen LogP contribution is 2.40. The Morgan fingerprint density at radius 2 is 1.16 bits per heavy atom. The molecular formula is C32H28F7NO3. The molecule has 0 aliphatic rings. The van der Waals surface area contributed by atoms with E-state index in [0.717, 1.165) is 23.3 Å². The summed E-state index contributed by atoms with van der Waals surface area (Å²) in [5, 5.41) is 3.31. The van der Waals surface area contributed by atoms with Crippen LogP contribution in [-0.4, -0.2) is 25.6 Å². The molecule has 0 fully saturated rings. The fourth-order valence-electron chi connectivity index (χ4n) is 4.86. The molecule has 4 nitrogen and oxygen atoms in total. The Hall–Kier alpha value is -4.25. The van der Waals surface area contributed by atoms with E-state index >= 15 is 0 Å². The highest BCUT2D eigenvalue weighted by Gasteiger charge is 2.38. The van der Waals surface area contributed by atoms with E-state index in [4.69, 9.17) is 4.74 Å². The molecule has 4 rings (SSSR count). The molecule has 1 N–H and O–H groups in total.